The molecule has 6 nitrogen and oxygen atoms in total. The predicted octanol–water partition coefficient (Wildman–Crippen LogP) is 16.4. The van der Waals surface area contributed by atoms with E-state index in [4.69, 9.17) is 14.2 Å². The van der Waals surface area contributed by atoms with Crippen LogP contribution in [0.1, 0.15) is 226 Å². The molecular formula is C55H92O6. The molecule has 1 unspecified atom stereocenters. The smallest absolute Gasteiger partial charge is 0.306 e. The highest BCUT2D eigenvalue weighted by Crippen LogP contribution is 2.13. The van der Waals surface area contributed by atoms with Gasteiger partial charge < -0.3 is 14.2 Å². The summed E-state index contributed by atoms with van der Waals surface area (Å²) >= 11 is 0. The molecule has 0 spiro atoms. The Morgan fingerprint density at radius 3 is 1.08 bits per heavy atom. The SMILES string of the molecule is CC\C=C/C=C\C=C/CCCCCCCCCC(=O)OC(COC(=O)CCCCCC/C=C\CCCC)COC(=O)CCCCCCC\C=C/C=C\C=C/CCCCCCC. The molecule has 0 aromatic heterocycles. The van der Waals surface area contributed by atoms with E-state index in [1.807, 2.05) is 0 Å². The lowest BCUT2D eigenvalue weighted by molar-refractivity contribution is -0.167. The molecule has 0 N–H and O–H groups in total. The van der Waals surface area contributed by atoms with Crippen LogP contribution in [0.25, 0.3) is 0 Å². The number of ether oxygens (including phenoxy) is 3. The Morgan fingerprint density at radius 2 is 0.672 bits per heavy atom. The molecule has 0 aliphatic rings. The van der Waals surface area contributed by atoms with Crippen LogP contribution in [0, 0.1) is 0 Å². The van der Waals surface area contributed by atoms with Crippen LogP contribution in [0.4, 0.5) is 0 Å². The van der Waals surface area contributed by atoms with Crippen LogP contribution < -0.4 is 0 Å². The van der Waals surface area contributed by atoms with Crippen molar-refractivity contribution in [1.29, 1.82) is 0 Å². The minimum absolute atomic E-state index is 0.0953. The van der Waals surface area contributed by atoms with Gasteiger partial charge in [-0.15, -0.1) is 0 Å². The number of hydrogen-bond donors (Lipinski definition) is 0. The summed E-state index contributed by atoms with van der Waals surface area (Å²) in [7, 11) is 0. The summed E-state index contributed by atoms with van der Waals surface area (Å²) in [6.07, 6.45) is 62.8. The number of carbonyl (C=O) groups excluding carboxylic acids is 3. The number of allylic oxidation sites excluding steroid dienone is 14. The van der Waals surface area contributed by atoms with Crippen LogP contribution in [-0.2, 0) is 28.6 Å². The third-order valence-electron chi connectivity index (χ3n) is 10.5. The molecule has 0 saturated carbocycles. The van der Waals surface area contributed by atoms with Crippen LogP contribution in [0.5, 0.6) is 0 Å². The second kappa shape index (κ2) is 49.2. The summed E-state index contributed by atoms with van der Waals surface area (Å²) in [6, 6.07) is 0. The van der Waals surface area contributed by atoms with Gasteiger partial charge in [-0.3, -0.25) is 14.4 Å². The van der Waals surface area contributed by atoms with Gasteiger partial charge in [0.05, 0.1) is 0 Å². The molecule has 0 bridgehead atoms. The molecule has 6 heteroatoms. The van der Waals surface area contributed by atoms with E-state index in [1.165, 1.54) is 64.2 Å². The van der Waals surface area contributed by atoms with Gasteiger partial charge in [-0.05, 0) is 83.5 Å². The summed E-state index contributed by atoms with van der Waals surface area (Å²) in [4.78, 5) is 37.9. The van der Waals surface area contributed by atoms with Gasteiger partial charge in [-0.2, -0.15) is 0 Å². The van der Waals surface area contributed by atoms with Crippen molar-refractivity contribution in [1.82, 2.24) is 0 Å². The fourth-order valence-electron chi connectivity index (χ4n) is 6.66. The molecule has 0 fully saturated rings. The van der Waals surface area contributed by atoms with Gasteiger partial charge in [0.15, 0.2) is 6.10 Å². The Balaban J connectivity index is 4.43. The fourth-order valence-corrected chi connectivity index (χ4v) is 6.66. The predicted molar refractivity (Wildman–Crippen MR) is 261 cm³/mol. The first-order chi connectivity index (χ1) is 30.0. The number of esters is 3. The number of carbonyl (C=O) groups is 3. The quantitative estimate of drug-likeness (QED) is 0.0200. The van der Waals surface area contributed by atoms with Crippen molar-refractivity contribution in [2.24, 2.45) is 0 Å². The van der Waals surface area contributed by atoms with E-state index in [-0.39, 0.29) is 31.1 Å². The average molecular weight is 849 g/mol. The standard InChI is InChI=1S/C55H92O6/c1-4-7-10-13-16-19-22-24-26-27-28-30-31-33-36-39-42-45-48-54(57)60-51-52(50-59-53(56)47-44-41-38-35-21-18-15-12-9-6-3)61-55(58)49-46-43-40-37-34-32-29-25-23-20-17-14-11-8-5-2/h8,11,14-15,17-18,20,22-24,26-28,30,52H,4-7,9-10,12-13,16,19,21,25,29,31-51H2,1-3H3/b11-8-,17-14-,18-15-,23-20-,24-22-,27-26-,30-28-. The third kappa shape index (κ3) is 47.5. The van der Waals surface area contributed by atoms with Gasteiger partial charge in [0, 0.05) is 19.3 Å². The number of unbranched alkanes of at least 4 members (excludes halogenated alkanes) is 23. The van der Waals surface area contributed by atoms with Crippen LogP contribution in [0.3, 0.4) is 0 Å². The maximum atomic E-state index is 12.8. The molecule has 61 heavy (non-hydrogen) atoms. The van der Waals surface area contributed by atoms with Gasteiger partial charge in [0.2, 0.25) is 0 Å². The topological polar surface area (TPSA) is 78.9 Å². The summed E-state index contributed by atoms with van der Waals surface area (Å²) in [6.45, 7) is 6.40. The molecule has 0 radical (unpaired) electrons. The molecule has 0 saturated heterocycles. The Bertz CT molecular complexity index is 1200. The third-order valence-corrected chi connectivity index (χ3v) is 10.5. The Kier molecular flexibility index (Phi) is 46.5. The monoisotopic (exact) mass is 849 g/mol. The molecule has 0 aliphatic heterocycles. The van der Waals surface area contributed by atoms with E-state index < -0.39 is 6.10 Å². The maximum absolute atomic E-state index is 12.8. The molecule has 0 aromatic rings. The lowest BCUT2D eigenvalue weighted by Gasteiger charge is -2.18. The van der Waals surface area contributed by atoms with Crippen molar-refractivity contribution in [2.75, 3.05) is 13.2 Å². The van der Waals surface area contributed by atoms with E-state index in [2.05, 4.69) is 106 Å². The second-order valence-electron chi connectivity index (χ2n) is 16.5. The molecule has 0 aromatic carbocycles. The first kappa shape index (κ1) is 57.6. The van der Waals surface area contributed by atoms with Gasteiger partial charge >= 0.3 is 17.9 Å². The maximum Gasteiger partial charge on any atom is 0.306 e. The first-order valence-corrected chi connectivity index (χ1v) is 25.2. The summed E-state index contributed by atoms with van der Waals surface area (Å²) in [5, 5.41) is 0. The molecule has 0 amide bonds. The van der Waals surface area contributed by atoms with Gasteiger partial charge in [-0.25, -0.2) is 0 Å². The van der Waals surface area contributed by atoms with Crippen molar-refractivity contribution in [3.8, 4) is 0 Å². The minimum atomic E-state index is -0.795. The summed E-state index contributed by atoms with van der Waals surface area (Å²) < 4.78 is 16.7. The van der Waals surface area contributed by atoms with Gasteiger partial charge in [-0.1, -0.05) is 209 Å². The van der Waals surface area contributed by atoms with E-state index in [0.29, 0.717) is 19.3 Å². The molecule has 348 valence electrons. The second-order valence-corrected chi connectivity index (χ2v) is 16.5. The van der Waals surface area contributed by atoms with Crippen LogP contribution in [-0.4, -0.2) is 37.2 Å². The number of hydrogen-bond acceptors (Lipinski definition) is 6. The van der Waals surface area contributed by atoms with Crippen molar-refractivity contribution in [3.05, 3.63) is 85.1 Å². The van der Waals surface area contributed by atoms with Crippen molar-refractivity contribution in [2.45, 2.75) is 232 Å². The van der Waals surface area contributed by atoms with E-state index >= 15 is 0 Å². The zero-order valence-electron chi connectivity index (χ0n) is 39.7. The Morgan fingerprint density at radius 1 is 0.344 bits per heavy atom. The van der Waals surface area contributed by atoms with Crippen LogP contribution >= 0.6 is 0 Å². The van der Waals surface area contributed by atoms with E-state index in [0.717, 1.165) is 122 Å². The molecule has 0 heterocycles. The van der Waals surface area contributed by atoms with E-state index in [1.54, 1.807) is 0 Å². The van der Waals surface area contributed by atoms with Crippen molar-refractivity contribution in [3.63, 3.8) is 0 Å². The lowest BCUT2D eigenvalue weighted by atomic mass is 10.1. The molecular weight excluding hydrogens is 757 g/mol. The van der Waals surface area contributed by atoms with Crippen LogP contribution in [0.15, 0.2) is 85.1 Å². The van der Waals surface area contributed by atoms with E-state index in [9.17, 15) is 14.4 Å². The Hall–Kier alpha value is -3.41. The average Bonchev–Trinajstić information content (AvgIpc) is 3.26. The number of rotatable bonds is 44. The fraction of sp³-hybridized carbons (Fsp3) is 0.691. The largest absolute Gasteiger partial charge is 0.462 e. The Labute approximate surface area is 375 Å². The lowest BCUT2D eigenvalue weighted by Crippen LogP contribution is -2.30. The highest BCUT2D eigenvalue weighted by molar-refractivity contribution is 5.71. The normalized spacial score (nSPS) is 12.8. The first-order valence-electron chi connectivity index (χ1n) is 25.2. The molecule has 1 atom stereocenters. The highest BCUT2D eigenvalue weighted by Gasteiger charge is 2.19. The van der Waals surface area contributed by atoms with Crippen molar-refractivity contribution < 1.29 is 28.6 Å². The zero-order valence-corrected chi connectivity index (χ0v) is 39.7. The summed E-state index contributed by atoms with van der Waals surface area (Å²) in [5.41, 5.74) is 0. The van der Waals surface area contributed by atoms with Gasteiger partial charge in [0.25, 0.3) is 0 Å². The zero-order chi connectivity index (χ0) is 44.4. The van der Waals surface area contributed by atoms with Gasteiger partial charge in [0.1, 0.15) is 13.2 Å². The molecule has 0 rings (SSSR count). The highest BCUT2D eigenvalue weighted by atomic mass is 16.6. The van der Waals surface area contributed by atoms with Crippen molar-refractivity contribution >= 4 is 17.9 Å². The summed E-state index contributed by atoms with van der Waals surface area (Å²) in [5.74, 6) is -0.943. The molecule has 0 aliphatic carbocycles. The minimum Gasteiger partial charge on any atom is -0.462 e. The van der Waals surface area contributed by atoms with Crippen LogP contribution in [0.2, 0.25) is 0 Å².